The molecule has 0 aliphatic carbocycles. The highest BCUT2D eigenvalue weighted by atomic mass is 16.7. The van der Waals surface area contributed by atoms with Gasteiger partial charge in [0.25, 0.3) is 0 Å². The molecule has 1 fully saturated rings. The van der Waals surface area contributed by atoms with Crippen LogP contribution in [0, 0.1) is 0 Å². The van der Waals surface area contributed by atoms with E-state index in [1.54, 1.807) is 6.08 Å². The van der Waals surface area contributed by atoms with Gasteiger partial charge in [-0.1, -0.05) is 383 Å². The highest BCUT2D eigenvalue weighted by Crippen LogP contribution is 2.24. The first-order valence-corrected chi connectivity index (χ1v) is 42.4. The first-order valence-electron chi connectivity index (χ1n) is 42.4. The fourth-order valence-corrected chi connectivity index (χ4v) is 13.5. The van der Waals surface area contributed by atoms with E-state index >= 15 is 0 Å². The summed E-state index contributed by atoms with van der Waals surface area (Å²) in [5.74, 6) is -0.168. The molecular weight excluding hydrogens is 1210 g/mol. The molecule has 1 aliphatic rings. The highest BCUT2D eigenvalue weighted by molar-refractivity contribution is 5.76. The first-order chi connectivity index (χ1) is 47.7. The average molecular weight is 1370 g/mol. The lowest BCUT2D eigenvalue weighted by Gasteiger charge is -2.40. The average Bonchev–Trinajstić information content (AvgIpc) is 0.843. The molecule has 1 saturated heterocycles. The van der Waals surface area contributed by atoms with Crippen LogP contribution in [0.1, 0.15) is 425 Å². The minimum absolute atomic E-state index is 0.0186. The lowest BCUT2D eigenvalue weighted by atomic mass is 9.99. The van der Waals surface area contributed by atoms with Crippen LogP contribution < -0.4 is 5.32 Å². The molecule has 0 aromatic heterocycles. The van der Waals surface area contributed by atoms with Gasteiger partial charge in [0.1, 0.15) is 24.4 Å². The maximum atomic E-state index is 13.1. The van der Waals surface area contributed by atoms with Crippen LogP contribution in [0.3, 0.4) is 0 Å². The number of carbonyl (C=O) groups is 2. The number of carbonyl (C=O) groups excluding carboxylic acids is 2. The molecule has 570 valence electrons. The van der Waals surface area contributed by atoms with E-state index in [0.717, 1.165) is 57.8 Å². The molecule has 0 aromatic rings. The summed E-state index contributed by atoms with van der Waals surface area (Å²) in [5.41, 5.74) is 0. The van der Waals surface area contributed by atoms with Gasteiger partial charge in [0, 0.05) is 12.8 Å². The molecule has 11 nitrogen and oxygen atoms in total. The number of rotatable bonds is 76. The van der Waals surface area contributed by atoms with Crippen molar-refractivity contribution in [3.8, 4) is 0 Å². The Labute approximate surface area is 599 Å². The van der Waals surface area contributed by atoms with Crippen molar-refractivity contribution in [3.63, 3.8) is 0 Å². The Balaban J connectivity index is 1.90. The third kappa shape index (κ3) is 63.1. The quantitative estimate of drug-likeness (QED) is 0.0195. The maximum Gasteiger partial charge on any atom is 0.305 e. The molecule has 0 bridgehead atoms. The zero-order chi connectivity index (χ0) is 70.1. The summed E-state index contributed by atoms with van der Waals surface area (Å²) in [6.07, 6.45) is 90.2. The largest absolute Gasteiger partial charge is 0.466 e. The zero-order valence-electron chi connectivity index (χ0n) is 63.8. The van der Waals surface area contributed by atoms with Gasteiger partial charge >= 0.3 is 5.97 Å². The van der Waals surface area contributed by atoms with Gasteiger partial charge < -0.3 is 45.1 Å². The van der Waals surface area contributed by atoms with Crippen molar-refractivity contribution in [2.45, 2.75) is 468 Å². The van der Waals surface area contributed by atoms with Crippen molar-refractivity contribution in [2.24, 2.45) is 0 Å². The molecule has 97 heavy (non-hydrogen) atoms. The van der Waals surface area contributed by atoms with Crippen molar-refractivity contribution in [3.05, 3.63) is 48.6 Å². The SMILES string of the molecule is CCCCCCCCCC/C=C/CC/C=C/C(O)C(COC1OC(CO)C(O)C(O)C1O)NC(=O)CCCCCCCCCCCCCCCCCCC/C=C\C/C=C\CCCCCCCCCCCCCCCCCOC(=O)CCCCCCCCCCCCCCCCCC. The van der Waals surface area contributed by atoms with Gasteiger partial charge in [-0.05, 0) is 77.0 Å². The molecule has 0 aromatic carbocycles. The topological polar surface area (TPSA) is 175 Å². The van der Waals surface area contributed by atoms with Crippen LogP contribution >= 0.6 is 0 Å². The van der Waals surface area contributed by atoms with Gasteiger partial charge in [-0.25, -0.2) is 0 Å². The van der Waals surface area contributed by atoms with Gasteiger partial charge in [0.05, 0.1) is 32.0 Å². The number of esters is 1. The molecule has 0 spiro atoms. The van der Waals surface area contributed by atoms with Crippen molar-refractivity contribution >= 4 is 11.9 Å². The van der Waals surface area contributed by atoms with Gasteiger partial charge in [0.15, 0.2) is 6.29 Å². The molecule has 6 N–H and O–H groups in total. The highest BCUT2D eigenvalue weighted by Gasteiger charge is 2.44. The van der Waals surface area contributed by atoms with Crippen molar-refractivity contribution in [1.29, 1.82) is 0 Å². The molecule has 7 unspecified atom stereocenters. The van der Waals surface area contributed by atoms with E-state index in [-0.39, 0.29) is 18.5 Å². The first kappa shape index (κ1) is 92.6. The molecule has 11 heteroatoms. The number of aliphatic hydroxyl groups excluding tert-OH is 5. The van der Waals surface area contributed by atoms with Crippen LogP contribution in [0.25, 0.3) is 0 Å². The van der Waals surface area contributed by atoms with Crippen LogP contribution in [0.2, 0.25) is 0 Å². The van der Waals surface area contributed by atoms with E-state index in [1.165, 1.54) is 340 Å². The number of nitrogens with one attached hydrogen (secondary N) is 1. The second-order valence-electron chi connectivity index (χ2n) is 29.5. The molecule has 1 heterocycles. The van der Waals surface area contributed by atoms with Crippen molar-refractivity contribution < 1.29 is 49.3 Å². The Kier molecular flexibility index (Phi) is 71.4. The van der Waals surface area contributed by atoms with E-state index in [4.69, 9.17) is 14.2 Å². The number of amides is 1. The van der Waals surface area contributed by atoms with Gasteiger partial charge in [-0.2, -0.15) is 0 Å². The monoisotopic (exact) mass is 1370 g/mol. The Bertz CT molecular complexity index is 1750. The van der Waals surface area contributed by atoms with E-state index < -0.39 is 49.5 Å². The number of allylic oxidation sites excluding steroid dienone is 7. The second kappa shape index (κ2) is 74.8. The fourth-order valence-electron chi connectivity index (χ4n) is 13.5. The third-order valence-corrected chi connectivity index (χ3v) is 20.2. The molecule has 1 rings (SSSR count). The number of ether oxygens (including phenoxy) is 3. The lowest BCUT2D eigenvalue weighted by Crippen LogP contribution is -2.60. The normalized spacial score (nSPS) is 17.5. The Hall–Kier alpha value is -2.38. The summed E-state index contributed by atoms with van der Waals surface area (Å²) in [6.45, 7) is 4.38. The van der Waals surface area contributed by atoms with Gasteiger partial charge in [-0.3, -0.25) is 9.59 Å². The summed E-state index contributed by atoms with van der Waals surface area (Å²) in [5, 5.41) is 54.6. The standard InChI is InChI=1S/C86H161NO10/c1-3-5-7-9-11-13-15-17-19-46-50-54-58-62-66-70-74-82(91)95-75-71-67-63-59-55-51-47-44-42-40-38-36-34-32-30-28-26-24-22-20-21-23-25-27-29-31-33-35-37-39-41-43-45-49-53-57-61-65-69-73-81(90)87-78(77-96-86-85(94)84(93)83(92)80(76-88)97-86)79(89)72-68-64-60-56-52-48-18-16-14-12-10-8-6-4-2/h20-21,24,26,52,56,68,72,78-80,83-86,88-89,92-94H,3-19,22-23,25,27-51,53-55,57-67,69-71,73-77H2,1-2H3,(H,87,90)/b21-20-,26-24-,56-52+,72-68+. The van der Waals surface area contributed by atoms with Crippen LogP contribution in [0.5, 0.6) is 0 Å². The van der Waals surface area contributed by atoms with Crippen molar-refractivity contribution in [2.75, 3.05) is 19.8 Å². The Morgan fingerprint density at radius 3 is 1.08 bits per heavy atom. The third-order valence-electron chi connectivity index (χ3n) is 20.2. The molecule has 1 aliphatic heterocycles. The predicted molar refractivity (Wildman–Crippen MR) is 412 cm³/mol. The number of aliphatic hydroxyl groups is 5. The van der Waals surface area contributed by atoms with Gasteiger partial charge in [0.2, 0.25) is 5.91 Å². The van der Waals surface area contributed by atoms with Crippen molar-refractivity contribution in [1.82, 2.24) is 5.32 Å². The Morgan fingerprint density at radius 1 is 0.381 bits per heavy atom. The van der Waals surface area contributed by atoms with Crippen LogP contribution in [-0.2, 0) is 23.8 Å². The molecular formula is C86H161NO10. The van der Waals surface area contributed by atoms with E-state index in [1.807, 2.05) is 6.08 Å². The molecule has 0 radical (unpaired) electrons. The zero-order valence-corrected chi connectivity index (χ0v) is 63.8. The summed E-state index contributed by atoms with van der Waals surface area (Å²) in [4.78, 5) is 25.2. The summed E-state index contributed by atoms with van der Waals surface area (Å²) in [7, 11) is 0. The summed E-state index contributed by atoms with van der Waals surface area (Å²) in [6, 6.07) is -0.826. The Morgan fingerprint density at radius 2 is 0.701 bits per heavy atom. The number of unbranched alkanes of at least 4 members (excludes halogenated alkanes) is 56. The van der Waals surface area contributed by atoms with Crippen LogP contribution in [0.4, 0.5) is 0 Å². The van der Waals surface area contributed by atoms with E-state index in [0.29, 0.717) is 19.4 Å². The fraction of sp³-hybridized carbons (Fsp3) is 0.884. The van der Waals surface area contributed by atoms with E-state index in [9.17, 15) is 35.1 Å². The minimum atomic E-state index is -1.58. The molecule has 7 atom stereocenters. The summed E-state index contributed by atoms with van der Waals surface area (Å²) >= 11 is 0. The second-order valence-corrected chi connectivity index (χ2v) is 29.5. The smallest absolute Gasteiger partial charge is 0.305 e. The minimum Gasteiger partial charge on any atom is -0.466 e. The lowest BCUT2D eigenvalue weighted by molar-refractivity contribution is -0.302. The maximum absolute atomic E-state index is 13.1. The van der Waals surface area contributed by atoms with Gasteiger partial charge in [-0.15, -0.1) is 0 Å². The number of hydrogen-bond donors (Lipinski definition) is 6. The van der Waals surface area contributed by atoms with Crippen LogP contribution in [-0.4, -0.2) is 100 Å². The van der Waals surface area contributed by atoms with Crippen LogP contribution in [0.15, 0.2) is 48.6 Å². The molecule has 1 amide bonds. The molecule has 0 saturated carbocycles. The predicted octanol–water partition coefficient (Wildman–Crippen LogP) is 23.4. The number of hydrogen-bond acceptors (Lipinski definition) is 10. The summed E-state index contributed by atoms with van der Waals surface area (Å²) < 4.78 is 16.8. The van der Waals surface area contributed by atoms with E-state index in [2.05, 4.69) is 55.6 Å².